The van der Waals surface area contributed by atoms with E-state index in [1.165, 1.54) is 6.92 Å². The lowest BCUT2D eigenvalue weighted by Gasteiger charge is -2.11. The van der Waals surface area contributed by atoms with Gasteiger partial charge in [0, 0.05) is 12.5 Å². The fraction of sp³-hybridized carbons (Fsp3) is 0.417. The molecule has 1 aromatic carbocycles. The number of carbonyl (C=O) groups is 1. The van der Waals surface area contributed by atoms with Crippen LogP contribution in [0, 0.1) is 17.0 Å². The van der Waals surface area contributed by atoms with Gasteiger partial charge in [-0.1, -0.05) is 6.07 Å². The second-order valence-corrected chi connectivity index (χ2v) is 4.35. The number of nitrogens with one attached hydrogen (secondary N) is 1. The number of anilines is 1. The molecular weight excluding hydrogens is 220 g/mol. The highest BCUT2D eigenvalue weighted by Crippen LogP contribution is 2.39. The minimum absolute atomic E-state index is 0.0766. The van der Waals surface area contributed by atoms with E-state index in [-0.39, 0.29) is 16.5 Å². The Morgan fingerprint density at radius 1 is 1.47 bits per heavy atom. The minimum atomic E-state index is -0.386. The summed E-state index contributed by atoms with van der Waals surface area (Å²) >= 11 is 0. The summed E-state index contributed by atoms with van der Waals surface area (Å²) < 4.78 is 0. The van der Waals surface area contributed by atoms with E-state index in [0.29, 0.717) is 5.69 Å². The van der Waals surface area contributed by atoms with Gasteiger partial charge in [-0.3, -0.25) is 14.9 Å². The molecule has 0 unspecified atom stereocenters. The standard InChI is InChI=1S/C12H14N2O3/c1-7-6-9-4-3-5-10(9)12(14(16)17)11(7)13-8(2)15/h6H,3-5H2,1-2H3,(H,13,15). The predicted molar refractivity (Wildman–Crippen MR) is 64.2 cm³/mol. The molecule has 0 atom stereocenters. The molecule has 0 spiro atoms. The molecule has 0 bridgehead atoms. The Kier molecular flexibility index (Phi) is 2.83. The highest BCUT2D eigenvalue weighted by Gasteiger charge is 2.28. The number of amides is 1. The first-order valence-corrected chi connectivity index (χ1v) is 5.58. The van der Waals surface area contributed by atoms with E-state index in [9.17, 15) is 14.9 Å². The van der Waals surface area contributed by atoms with Gasteiger partial charge in [-0.05, 0) is 37.3 Å². The van der Waals surface area contributed by atoms with Crippen LogP contribution in [-0.4, -0.2) is 10.8 Å². The van der Waals surface area contributed by atoms with Gasteiger partial charge in [0.2, 0.25) is 5.91 Å². The molecule has 0 saturated heterocycles. The summed E-state index contributed by atoms with van der Waals surface area (Å²) in [5.41, 5.74) is 3.01. The van der Waals surface area contributed by atoms with Gasteiger partial charge in [0.05, 0.1) is 4.92 Å². The van der Waals surface area contributed by atoms with Gasteiger partial charge in [0.1, 0.15) is 5.69 Å². The lowest BCUT2D eigenvalue weighted by molar-refractivity contribution is -0.384. The molecule has 0 fully saturated rings. The highest BCUT2D eigenvalue weighted by molar-refractivity contribution is 5.93. The predicted octanol–water partition coefficient (Wildman–Crippen LogP) is 2.35. The first kappa shape index (κ1) is 11.6. The van der Waals surface area contributed by atoms with Crippen molar-refractivity contribution in [1.29, 1.82) is 0 Å². The molecule has 5 nitrogen and oxygen atoms in total. The summed E-state index contributed by atoms with van der Waals surface area (Å²) in [5, 5.41) is 13.7. The molecule has 1 aliphatic rings. The van der Waals surface area contributed by atoms with Crippen LogP contribution >= 0.6 is 0 Å². The minimum Gasteiger partial charge on any atom is -0.320 e. The number of nitrogens with zero attached hydrogens (tertiary/aromatic N) is 1. The van der Waals surface area contributed by atoms with E-state index in [1.807, 2.05) is 6.07 Å². The zero-order chi connectivity index (χ0) is 12.6. The number of rotatable bonds is 2. The van der Waals surface area contributed by atoms with Crippen LogP contribution in [-0.2, 0) is 17.6 Å². The third kappa shape index (κ3) is 2.00. The monoisotopic (exact) mass is 234 g/mol. The van der Waals surface area contributed by atoms with Gasteiger partial charge >= 0.3 is 0 Å². The number of hydrogen-bond acceptors (Lipinski definition) is 3. The average molecular weight is 234 g/mol. The Labute approximate surface area is 99.0 Å². The zero-order valence-electron chi connectivity index (χ0n) is 9.87. The van der Waals surface area contributed by atoms with Crippen molar-refractivity contribution in [3.8, 4) is 0 Å². The molecule has 1 aromatic rings. The Hall–Kier alpha value is -1.91. The van der Waals surface area contributed by atoms with E-state index in [0.717, 1.165) is 36.0 Å². The molecule has 0 radical (unpaired) electrons. The molecule has 0 saturated carbocycles. The van der Waals surface area contributed by atoms with Crippen molar-refractivity contribution in [2.24, 2.45) is 0 Å². The van der Waals surface area contributed by atoms with Crippen LogP contribution in [0.15, 0.2) is 6.07 Å². The Bertz CT molecular complexity index is 509. The van der Waals surface area contributed by atoms with E-state index >= 15 is 0 Å². The van der Waals surface area contributed by atoms with Gasteiger partial charge in [-0.15, -0.1) is 0 Å². The van der Waals surface area contributed by atoms with Crippen LogP contribution in [0.25, 0.3) is 0 Å². The molecule has 0 heterocycles. The van der Waals surface area contributed by atoms with Crippen molar-refractivity contribution in [3.63, 3.8) is 0 Å². The highest BCUT2D eigenvalue weighted by atomic mass is 16.6. The molecular formula is C12H14N2O3. The molecule has 1 aliphatic carbocycles. The van der Waals surface area contributed by atoms with Gasteiger partial charge in [-0.2, -0.15) is 0 Å². The molecule has 0 aliphatic heterocycles. The van der Waals surface area contributed by atoms with E-state index < -0.39 is 0 Å². The SMILES string of the molecule is CC(=O)Nc1c(C)cc2c(c1[N+](=O)[O-])CCC2. The van der Waals surface area contributed by atoms with Crippen LogP contribution in [0.2, 0.25) is 0 Å². The van der Waals surface area contributed by atoms with Gasteiger partial charge in [0.15, 0.2) is 0 Å². The Morgan fingerprint density at radius 3 is 2.76 bits per heavy atom. The maximum Gasteiger partial charge on any atom is 0.296 e. The molecule has 2 rings (SSSR count). The van der Waals surface area contributed by atoms with Crippen molar-refractivity contribution >= 4 is 17.3 Å². The second kappa shape index (κ2) is 4.16. The first-order valence-electron chi connectivity index (χ1n) is 5.58. The smallest absolute Gasteiger partial charge is 0.296 e. The third-order valence-corrected chi connectivity index (χ3v) is 3.05. The first-order chi connectivity index (χ1) is 8.00. The van der Waals surface area contributed by atoms with E-state index in [1.54, 1.807) is 6.92 Å². The summed E-state index contributed by atoms with van der Waals surface area (Å²) in [7, 11) is 0. The summed E-state index contributed by atoms with van der Waals surface area (Å²) in [6.07, 6.45) is 2.55. The normalized spacial score (nSPS) is 13.3. The molecule has 1 amide bonds. The number of nitro groups is 1. The van der Waals surface area contributed by atoms with Crippen molar-refractivity contribution in [2.75, 3.05) is 5.32 Å². The maximum atomic E-state index is 11.2. The molecule has 17 heavy (non-hydrogen) atoms. The number of benzene rings is 1. The van der Waals surface area contributed by atoms with E-state index in [4.69, 9.17) is 0 Å². The van der Waals surface area contributed by atoms with Crippen LogP contribution in [0.5, 0.6) is 0 Å². The lowest BCUT2D eigenvalue weighted by atomic mass is 10.0. The Morgan fingerprint density at radius 2 is 2.18 bits per heavy atom. The van der Waals surface area contributed by atoms with Crippen molar-refractivity contribution < 1.29 is 9.72 Å². The third-order valence-electron chi connectivity index (χ3n) is 3.05. The van der Waals surface area contributed by atoms with Crippen molar-refractivity contribution in [2.45, 2.75) is 33.1 Å². The summed E-state index contributed by atoms with van der Waals surface area (Å²) in [6, 6.07) is 1.95. The maximum absolute atomic E-state index is 11.2. The summed E-state index contributed by atoms with van der Waals surface area (Å²) in [5.74, 6) is -0.283. The molecule has 5 heteroatoms. The lowest BCUT2D eigenvalue weighted by Crippen LogP contribution is -2.11. The van der Waals surface area contributed by atoms with Crippen LogP contribution in [0.1, 0.15) is 30.0 Å². The van der Waals surface area contributed by atoms with Crippen LogP contribution < -0.4 is 5.32 Å². The van der Waals surface area contributed by atoms with Crippen LogP contribution in [0.4, 0.5) is 11.4 Å². The quantitative estimate of drug-likeness (QED) is 0.630. The van der Waals surface area contributed by atoms with Gasteiger partial charge in [0.25, 0.3) is 5.69 Å². The molecule has 0 aromatic heterocycles. The van der Waals surface area contributed by atoms with E-state index in [2.05, 4.69) is 5.32 Å². The van der Waals surface area contributed by atoms with Gasteiger partial charge in [-0.25, -0.2) is 0 Å². The number of carbonyl (C=O) groups excluding carboxylic acids is 1. The zero-order valence-corrected chi connectivity index (χ0v) is 9.87. The topological polar surface area (TPSA) is 72.2 Å². The average Bonchev–Trinajstić information content (AvgIpc) is 2.64. The largest absolute Gasteiger partial charge is 0.320 e. The summed E-state index contributed by atoms with van der Waals surface area (Å²) in [4.78, 5) is 21.9. The van der Waals surface area contributed by atoms with Gasteiger partial charge < -0.3 is 5.32 Å². The number of fused-ring (bicyclic) bond motifs is 1. The Balaban J connectivity index is 2.64. The number of hydrogen-bond donors (Lipinski definition) is 1. The van der Waals surface area contributed by atoms with Crippen molar-refractivity contribution in [1.82, 2.24) is 0 Å². The fourth-order valence-electron chi connectivity index (χ4n) is 2.40. The van der Waals surface area contributed by atoms with Crippen molar-refractivity contribution in [3.05, 3.63) is 32.9 Å². The number of nitro benzene ring substituents is 1. The second-order valence-electron chi connectivity index (χ2n) is 4.35. The summed E-state index contributed by atoms with van der Waals surface area (Å²) in [6.45, 7) is 3.15. The fourth-order valence-corrected chi connectivity index (χ4v) is 2.40. The molecule has 90 valence electrons. The molecule has 1 N–H and O–H groups in total. The van der Waals surface area contributed by atoms with Crippen LogP contribution in [0.3, 0.4) is 0 Å². The number of aryl methyl sites for hydroxylation is 2.